The van der Waals surface area contributed by atoms with Gasteiger partial charge in [0, 0.05) is 24.0 Å². The smallest absolute Gasteiger partial charge is 0.331 e. The van der Waals surface area contributed by atoms with Crippen LogP contribution >= 0.6 is 0 Å². The molecule has 0 radical (unpaired) electrons. The quantitative estimate of drug-likeness (QED) is 0.200. The summed E-state index contributed by atoms with van der Waals surface area (Å²) < 4.78 is 2.80. The molecule has 8 heteroatoms. The molecule has 0 saturated heterocycles. The van der Waals surface area contributed by atoms with Gasteiger partial charge in [0.2, 0.25) is 0 Å². The second kappa shape index (κ2) is 11.1. The highest BCUT2D eigenvalue weighted by Gasteiger charge is 2.20. The molecule has 1 heterocycles. The number of nitrogens with zero attached hydrogens (tertiary/aromatic N) is 3. The maximum absolute atomic E-state index is 13.6. The minimum Gasteiger partial charge on any atom is -0.378 e. The van der Waals surface area contributed by atoms with Crippen molar-refractivity contribution in [1.29, 1.82) is 0 Å². The van der Waals surface area contributed by atoms with Crippen LogP contribution < -0.4 is 16.6 Å². The molecule has 1 N–H and O–H groups in total. The highest BCUT2D eigenvalue weighted by Crippen LogP contribution is 2.23. The largest absolute Gasteiger partial charge is 0.378 e. The van der Waals surface area contributed by atoms with Crippen molar-refractivity contribution in [1.82, 2.24) is 9.13 Å². The molecule has 0 bridgehead atoms. The summed E-state index contributed by atoms with van der Waals surface area (Å²) in [6.07, 6.45) is 3.70. The molecule has 0 fully saturated rings. The van der Waals surface area contributed by atoms with Crippen LogP contribution in [0.2, 0.25) is 0 Å². The third kappa shape index (κ3) is 5.67. The molecular weight excluding hydrogens is 456 g/mol. The third-order valence-corrected chi connectivity index (χ3v) is 5.84. The first kappa shape index (κ1) is 24.4. The van der Waals surface area contributed by atoms with Gasteiger partial charge >= 0.3 is 5.69 Å². The van der Waals surface area contributed by atoms with Gasteiger partial charge in [0.05, 0.1) is 29.6 Å². The van der Waals surface area contributed by atoms with Gasteiger partial charge in [-0.2, -0.15) is 0 Å². The molecule has 1 atom stereocenters. The van der Waals surface area contributed by atoms with Crippen molar-refractivity contribution in [3.05, 3.63) is 151 Å². The number of benzene rings is 3. The standard InChI is InChI=1S/C28H26N4O4/c1-2-9-26(29-23-14-16-24(17-15-23)32(35)36)25-20-30(18-21-10-5-3-6-11-21)28(34)31(27(25)33)19-22-12-7-4-8-13-22/h2-8,10-17,20,26,29H,1,9,18-19H2. The van der Waals surface area contributed by atoms with Crippen LogP contribution in [-0.4, -0.2) is 14.1 Å². The topological polar surface area (TPSA) is 99.2 Å². The van der Waals surface area contributed by atoms with Gasteiger partial charge < -0.3 is 5.32 Å². The average Bonchev–Trinajstić information content (AvgIpc) is 2.89. The Kier molecular flexibility index (Phi) is 7.55. The molecule has 36 heavy (non-hydrogen) atoms. The summed E-state index contributed by atoms with van der Waals surface area (Å²) in [6, 6.07) is 24.4. The highest BCUT2D eigenvalue weighted by molar-refractivity contribution is 5.50. The van der Waals surface area contributed by atoms with E-state index in [-0.39, 0.29) is 12.2 Å². The lowest BCUT2D eigenvalue weighted by Gasteiger charge is -2.21. The summed E-state index contributed by atoms with van der Waals surface area (Å²) in [7, 11) is 0. The SMILES string of the molecule is C=CCC(Nc1ccc([N+](=O)[O-])cc1)c1cn(Cc2ccccc2)c(=O)n(Cc2ccccc2)c1=O. The predicted octanol–water partition coefficient (Wildman–Crippen LogP) is 4.74. The number of aromatic nitrogens is 2. The van der Waals surface area contributed by atoms with E-state index in [9.17, 15) is 19.7 Å². The Hall–Kier alpha value is -4.72. The number of rotatable bonds is 10. The molecule has 1 unspecified atom stereocenters. The molecule has 0 spiro atoms. The molecule has 1 aromatic heterocycles. The fraction of sp³-hybridized carbons (Fsp3) is 0.143. The number of nitro groups is 1. The van der Waals surface area contributed by atoms with E-state index < -0.39 is 22.2 Å². The van der Waals surface area contributed by atoms with E-state index in [4.69, 9.17) is 0 Å². The Balaban J connectivity index is 1.79. The molecule has 0 amide bonds. The van der Waals surface area contributed by atoms with E-state index in [1.54, 1.807) is 29.0 Å². The predicted molar refractivity (Wildman–Crippen MR) is 140 cm³/mol. The lowest BCUT2D eigenvalue weighted by Crippen LogP contribution is -2.43. The van der Waals surface area contributed by atoms with Gasteiger partial charge in [-0.1, -0.05) is 66.7 Å². The zero-order chi connectivity index (χ0) is 25.5. The second-order valence-corrected chi connectivity index (χ2v) is 8.38. The first-order chi connectivity index (χ1) is 17.5. The summed E-state index contributed by atoms with van der Waals surface area (Å²) in [5.41, 5.74) is 1.96. The zero-order valence-corrected chi connectivity index (χ0v) is 19.6. The van der Waals surface area contributed by atoms with Crippen LogP contribution in [0.1, 0.15) is 29.2 Å². The van der Waals surface area contributed by atoms with E-state index in [1.165, 1.54) is 16.7 Å². The highest BCUT2D eigenvalue weighted by atomic mass is 16.6. The maximum Gasteiger partial charge on any atom is 0.331 e. The van der Waals surface area contributed by atoms with Crippen LogP contribution in [0, 0.1) is 10.1 Å². The molecule has 4 rings (SSSR count). The molecule has 4 aromatic rings. The van der Waals surface area contributed by atoms with E-state index in [0.29, 0.717) is 24.2 Å². The fourth-order valence-corrected chi connectivity index (χ4v) is 4.02. The monoisotopic (exact) mass is 482 g/mol. The molecule has 0 aliphatic rings. The summed E-state index contributed by atoms with van der Waals surface area (Å²) in [6.45, 7) is 4.27. The van der Waals surface area contributed by atoms with Crippen molar-refractivity contribution in [2.24, 2.45) is 0 Å². The molecule has 182 valence electrons. The summed E-state index contributed by atoms with van der Waals surface area (Å²) in [4.78, 5) is 37.6. The minimum atomic E-state index is -0.499. The number of nitrogens with one attached hydrogen (secondary N) is 1. The van der Waals surface area contributed by atoms with Crippen LogP contribution in [-0.2, 0) is 13.1 Å². The average molecular weight is 483 g/mol. The lowest BCUT2D eigenvalue weighted by molar-refractivity contribution is -0.384. The molecular formula is C28H26N4O4. The number of hydrogen-bond acceptors (Lipinski definition) is 5. The van der Waals surface area contributed by atoms with E-state index in [2.05, 4.69) is 11.9 Å². The van der Waals surface area contributed by atoms with Crippen LogP contribution in [0.25, 0.3) is 0 Å². The molecule has 0 aliphatic heterocycles. The normalized spacial score (nSPS) is 11.6. The fourth-order valence-electron chi connectivity index (χ4n) is 4.02. The van der Waals surface area contributed by atoms with Crippen LogP contribution in [0.15, 0.2) is 113 Å². The van der Waals surface area contributed by atoms with Crippen molar-refractivity contribution in [2.75, 3.05) is 5.32 Å². The van der Waals surface area contributed by atoms with Crippen molar-refractivity contribution >= 4 is 11.4 Å². The van der Waals surface area contributed by atoms with Gasteiger partial charge in [0.15, 0.2) is 0 Å². The number of non-ortho nitro benzene ring substituents is 1. The van der Waals surface area contributed by atoms with E-state index in [1.807, 2.05) is 60.7 Å². The number of anilines is 1. The summed E-state index contributed by atoms with van der Waals surface area (Å²) in [5.74, 6) is 0. The van der Waals surface area contributed by atoms with Gasteiger partial charge in [-0.05, 0) is 29.7 Å². The Morgan fingerprint density at radius 2 is 1.47 bits per heavy atom. The molecule has 0 saturated carbocycles. The Morgan fingerprint density at radius 3 is 2.03 bits per heavy atom. The van der Waals surface area contributed by atoms with E-state index in [0.717, 1.165) is 11.1 Å². The zero-order valence-electron chi connectivity index (χ0n) is 19.6. The molecule has 0 aliphatic carbocycles. The summed E-state index contributed by atoms with van der Waals surface area (Å²) in [5, 5.41) is 14.3. The van der Waals surface area contributed by atoms with Gasteiger partial charge in [-0.15, -0.1) is 6.58 Å². The Labute approximate surface area is 207 Å². The Morgan fingerprint density at radius 1 is 0.889 bits per heavy atom. The van der Waals surface area contributed by atoms with Crippen molar-refractivity contribution < 1.29 is 4.92 Å². The summed E-state index contributed by atoms with van der Waals surface area (Å²) >= 11 is 0. The first-order valence-electron chi connectivity index (χ1n) is 11.5. The minimum absolute atomic E-state index is 0.0255. The van der Waals surface area contributed by atoms with Crippen LogP contribution in [0.5, 0.6) is 0 Å². The van der Waals surface area contributed by atoms with Crippen molar-refractivity contribution in [3.63, 3.8) is 0 Å². The van der Waals surface area contributed by atoms with Gasteiger partial charge in [0.25, 0.3) is 11.2 Å². The van der Waals surface area contributed by atoms with Crippen LogP contribution in [0.3, 0.4) is 0 Å². The molecule has 8 nitrogen and oxygen atoms in total. The lowest BCUT2D eigenvalue weighted by atomic mass is 10.1. The maximum atomic E-state index is 13.6. The van der Waals surface area contributed by atoms with Gasteiger partial charge in [-0.25, -0.2) is 4.79 Å². The molecule has 3 aromatic carbocycles. The number of nitro benzene ring substituents is 1. The van der Waals surface area contributed by atoms with E-state index >= 15 is 0 Å². The third-order valence-electron chi connectivity index (χ3n) is 5.84. The van der Waals surface area contributed by atoms with Gasteiger partial charge in [0.1, 0.15) is 0 Å². The van der Waals surface area contributed by atoms with Crippen molar-refractivity contribution in [3.8, 4) is 0 Å². The van der Waals surface area contributed by atoms with Crippen molar-refractivity contribution in [2.45, 2.75) is 25.6 Å². The van der Waals surface area contributed by atoms with Crippen LogP contribution in [0.4, 0.5) is 11.4 Å². The number of hydrogen-bond donors (Lipinski definition) is 1. The second-order valence-electron chi connectivity index (χ2n) is 8.38. The first-order valence-corrected chi connectivity index (χ1v) is 11.5. The van der Waals surface area contributed by atoms with Gasteiger partial charge in [-0.3, -0.25) is 24.0 Å². The Bertz CT molecular complexity index is 1460.